The van der Waals surface area contributed by atoms with Crippen molar-refractivity contribution in [2.24, 2.45) is 0 Å². The van der Waals surface area contributed by atoms with Crippen molar-refractivity contribution in [1.82, 2.24) is 10.1 Å². The zero-order valence-corrected chi connectivity index (χ0v) is 12.7. The Kier molecular flexibility index (Phi) is 3.65. The molecule has 7 heteroatoms. The number of carboxylic acids is 1. The van der Waals surface area contributed by atoms with E-state index in [1.165, 1.54) is 11.3 Å². The molecule has 1 N–H and O–H groups in total. The molecule has 3 aromatic heterocycles. The Balaban J connectivity index is 2.24. The van der Waals surface area contributed by atoms with Gasteiger partial charge in [-0.3, -0.25) is 0 Å². The summed E-state index contributed by atoms with van der Waals surface area (Å²) < 4.78 is 5.83. The molecule has 0 aliphatic carbocycles. The van der Waals surface area contributed by atoms with Gasteiger partial charge in [-0.2, -0.15) is 0 Å². The van der Waals surface area contributed by atoms with E-state index in [1.54, 1.807) is 18.2 Å². The number of hydrogen-bond donors (Lipinski definition) is 1. The SMILES string of the molecule is CCCc1noc2nc(-c3ccc(Cl)s3)cc(C(=O)O)c12. The van der Waals surface area contributed by atoms with E-state index in [9.17, 15) is 9.90 Å². The molecule has 0 fully saturated rings. The predicted molar refractivity (Wildman–Crippen MR) is 81.1 cm³/mol. The minimum Gasteiger partial charge on any atom is -0.478 e. The number of fused-ring (bicyclic) bond motifs is 1. The molecule has 0 saturated heterocycles. The minimum atomic E-state index is -1.02. The molecule has 0 aromatic carbocycles. The van der Waals surface area contributed by atoms with E-state index < -0.39 is 5.97 Å². The molecular weight excluding hydrogens is 312 g/mol. The molecule has 0 atom stereocenters. The van der Waals surface area contributed by atoms with E-state index in [4.69, 9.17) is 16.1 Å². The first-order chi connectivity index (χ1) is 10.1. The number of aromatic carboxylic acids is 1. The van der Waals surface area contributed by atoms with E-state index in [0.717, 1.165) is 11.3 Å². The molecule has 3 heterocycles. The number of rotatable bonds is 4. The lowest BCUT2D eigenvalue weighted by Crippen LogP contribution is -2.00. The van der Waals surface area contributed by atoms with Crippen molar-refractivity contribution in [1.29, 1.82) is 0 Å². The molecule has 3 aromatic rings. The van der Waals surface area contributed by atoms with Crippen LogP contribution in [0.5, 0.6) is 0 Å². The third-order valence-corrected chi connectivity index (χ3v) is 4.31. The number of thiophene rings is 1. The molecule has 5 nitrogen and oxygen atoms in total. The van der Waals surface area contributed by atoms with Crippen LogP contribution in [0.4, 0.5) is 0 Å². The van der Waals surface area contributed by atoms with Crippen molar-refractivity contribution in [3.8, 4) is 10.6 Å². The smallest absolute Gasteiger partial charge is 0.336 e. The zero-order chi connectivity index (χ0) is 15.0. The maximum absolute atomic E-state index is 11.5. The molecule has 0 amide bonds. The van der Waals surface area contributed by atoms with Crippen LogP contribution in [0.2, 0.25) is 4.34 Å². The third-order valence-electron chi connectivity index (χ3n) is 3.06. The second-order valence-electron chi connectivity index (χ2n) is 4.52. The van der Waals surface area contributed by atoms with Gasteiger partial charge in [-0.1, -0.05) is 30.1 Å². The van der Waals surface area contributed by atoms with E-state index in [-0.39, 0.29) is 11.3 Å². The fourth-order valence-electron chi connectivity index (χ4n) is 2.16. The number of hydrogen-bond acceptors (Lipinski definition) is 5. The summed E-state index contributed by atoms with van der Waals surface area (Å²) in [6, 6.07) is 5.09. The van der Waals surface area contributed by atoms with Crippen molar-refractivity contribution in [3.05, 3.63) is 33.8 Å². The number of pyridine rings is 1. The largest absolute Gasteiger partial charge is 0.478 e. The summed E-state index contributed by atoms with van der Waals surface area (Å²) in [5.74, 6) is -1.02. The quantitative estimate of drug-likeness (QED) is 0.776. The minimum absolute atomic E-state index is 0.157. The summed E-state index contributed by atoms with van der Waals surface area (Å²) in [5, 5.41) is 13.9. The summed E-state index contributed by atoms with van der Waals surface area (Å²) in [7, 11) is 0. The number of aryl methyl sites for hydroxylation is 1. The van der Waals surface area contributed by atoms with E-state index in [0.29, 0.717) is 27.5 Å². The standard InChI is InChI=1S/C14H11ClN2O3S/c1-2-3-8-12-7(14(18)19)6-9(16-13(12)20-17-8)10-4-5-11(15)21-10/h4-6H,2-3H2,1H3,(H,18,19). The molecule has 21 heavy (non-hydrogen) atoms. The second-order valence-corrected chi connectivity index (χ2v) is 6.24. The maximum Gasteiger partial charge on any atom is 0.336 e. The number of carbonyl (C=O) groups is 1. The van der Waals surface area contributed by atoms with Crippen LogP contribution in [0.25, 0.3) is 21.7 Å². The zero-order valence-electron chi connectivity index (χ0n) is 11.1. The Labute approximate surface area is 129 Å². The number of halogens is 1. The van der Waals surface area contributed by atoms with Crippen LogP contribution < -0.4 is 0 Å². The monoisotopic (exact) mass is 322 g/mol. The first kappa shape index (κ1) is 14.0. The van der Waals surface area contributed by atoms with Gasteiger partial charge in [0.1, 0.15) is 0 Å². The van der Waals surface area contributed by atoms with Gasteiger partial charge in [0.25, 0.3) is 5.71 Å². The first-order valence-electron chi connectivity index (χ1n) is 6.38. The molecule has 108 valence electrons. The molecule has 0 aliphatic rings. The highest BCUT2D eigenvalue weighted by atomic mass is 35.5. The van der Waals surface area contributed by atoms with Gasteiger partial charge in [0, 0.05) is 0 Å². The third kappa shape index (κ3) is 2.52. The van der Waals surface area contributed by atoms with Gasteiger partial charge in [-0.15, -0.1) is 11.3 Å². The van der Waals surface area contributed by atoms with Crippen LogP contribution >= 0.6 is 22.9 Å². The number of carboxylic acid groups (broad SMARTS) is 1. The molecule has 0 saturated carbocycles. The number of nitrogens with zero attached hydrogens (tertiary/aromatic N) is 2. The lowest BCUT2D eigenvalue weighted by atomic mass is 10.1. The molecule has 0 unspecified atom stereocenters. The van der Waals surface area contributed by atoms with Crippen LogP contribution in [0, 0.1) is 0 Å². The Morgan fingerprint density at radius 3 is 2.90 bits per heavy atom. The van der Waals surface area contributed by atoms with E-state index in [1.807, 2.05) is 6.92 Å². The first-order valence-corrected chi connectivity index (χ1v) is 7.58. The maximum atomic E-state index is 11.5. The molecule has 0 radical (unpaired) electrons. The number of aromatic nitrogens is 2. The van der Waals surface area contributed by atoms with Gasteiger partial charge in [-0.05, 0) is 24.6 Å². The lowest BCUT2D eigenvalue weighted by Gasteiger charge is -2.02. The van der Waals surface area contributed by atoms with E-state index >= 15 is 0 Å². The highest BCUT2D eigenvalue weighted by Gasteiger charge is 2.20. The lowest BCUT2D eigenvalue weighted by molar-refractivity contribution is 0.0699. The normalized spacial score (nSPS) is 11.1. The summed E-state index contributed by atoms with van der Waals surface area (Å²) in [5.41, 5.74) is 1.56. The summed E-state index contributed by atoms with van der Waals surface area (Å²) in [6.07, 6.45) is 1.50. The molecule has 0 spiro atoms. The summed E-state index contributed by atoms with van der Waals surface area (Å²) >= 11 is 7.25. The Morgan fingerprint density at radius 1 is 1.48 bits per heavy atom. The van der Waals surface area contributed by atoms with E-state index in [2.05, 4.69) is 10.1 Å². The van der Waals surface area contributed by atoms with Crippen LogP contribution in [-0.2, 0) is 6.42 Å². The van der Waals surface area contributed by atoms with Crippen LogP contribution in [0.1, 0.15) is 29.4 Å². The second kappa shape index (κ2) is 5.46. The van der Waals surface area contributed by atoms with Gasteiger partial charge < -0.3 is 9.63 Å². The van der Waals surface area contributed by atoms with Gasteiger partial charge in [0.15, 0.2) is 0 Å². The fraction of sp³-hybridized carbons (Fsp3) is 0.214. The average Bonchev–Trinajstić information content (AvgIpc) is 3.05. The van der Waals surface area contributed by atoms with Crippen LogP contribution in [0.15, 0.2) is 22.7 Å². The van der Waals surface area contributed by atoms with Crippen molar-refractivity contribution < 1.29 is 14.4 Å². The Bertz CT molecular complexity index is 825. The van der Waals surface area contributed by atoms with Crippen molar-refractivity contribution in [3.63, 3.8) is 0 Å². The molecular formula is C14H11ClN2O3S. The fourth-order valence-corrected chi connectivity index (χ4v) is 3.17. The predicted octanol–water partition coefficient (Wildman–Crippen LogP) is 4.26. The molecule has 0 bridgehead atoms. The van der Waals surface area contributed by atoms with Crippen LogP contribution in [-0.4, -0.2) is 21.2 Å². The average molecular weight is 323 g/mol. The molecule has 0 aliphatic heterocycles. The van der Waals surface area contributed by atoms with Gasteiger partial charge >= 0.3 is 5.97 Å². The van der Waals surface area contributed by atoms with Crippen LogP contribution in [0.3, 0.4) is 0 Å². The highest BCUT2D eigenvalue weighted by molar-refractivity contribution is 7.19. The van der Waals surface area contributed by atoms with Gasteiger partial charge in [-0.25, -0.2) is 9.78 Å². The highest BCUT2D eigenvalue weighted by Crippen LogP contribution is 2.33. The summed E-state index contributed by atoms with van der Waals surface area (Å²) in [6.45, 7) is 2.00. The van der Waals surface area contributed by atoms with Gasteiger partial charge in [0.2, 0.25) is 0 Å². The van der Waals surface area contributed by atoms with Crippen molar-refractivity contribution >= 4 is 40.0 Å². The van der Waals surface area contributed by atoms with Crippen molar-refractivity contribution in [2.45, 2.75) is 19.8 Å². The van der Waals surface area contributed by atoms with Gasteiger partial charge in [0.05, 0.1) is 31.6 Å². The Morgan fingerprint density at radius 2 is 2.29 bits per heavy atom. The Hall–Kier alpha value is -1.92. The topological polar surface area (TPSA) is 76.2 Å². The summed E-state index contributed by atoms with van der Waals surface area (Å²) in [4.78, 5) is 16.7. The van der Waals surface area contributed by atoms with Crippen molar-refractivity contribution in [2.75, 3.05) is 0 Å². The molecule has 3 rings (SSSR count).